The minimum atomic E-state index is 0.102. The summed E-state index contributed by atoms with van der Waals surface area (Å²) in [6, 6.07) is 5.96. The molecule has 0 aromatic heterocycles. The summed E-state index contributed by atoms with van der Waals surface area (Å²) in [5.74, 6) is 0.543. The number of nitrogens with one attached hydrogen (secondary N) is 1. The summed E-state index contributed by atoms with van der Waals surface area (Å²) in [5.41, 5.74) is 2.77. The Morgan fingerprint density at radius 1 is 1.50 bits per heavy atom. The summed E-state index contributed by atoms with van der Waals surface area (Å²) in [7, 11) is 0. The van der Waals surface area contributed by atoms with Gasteiger partial charge in [0.1, 0.15) is 0 Å². The molecule has 1 heterocycles. The average Bonchev–Trinajstić information content (AvgIpc) is 2.89. The van der Waals surface area contributed by atoms with Crippen molar-refractivity contribution < 1.29 is 9.90 Å². The van der Waals surface area contributed by atoms with Gasteiger partial charge in [0.15, 0.2) is 0 Å². The van der Waals surface area contributed by atoms with Crippen molar-refractivity contribution in [3.05, 3.63) is 29.3 Å². The van der Waals surface area contributed by atoms with Gasteiger partial charge >= 0.3 is 0 Å². The zero-order chi connectivity index (χ0) is 14.5. The second-order valence-electron chi connectivity index (χ2n) is 5.50. The van der Waals surface area contributed by atoms with Crippen LogP contribution in [-0.4, -0.2) is 42.2 Å². The molecule has 0 aliphatic carbocycles. The molecule has 2 N–H and O–H groups in total. The smallest absolute Gasteiger partial charge is 0.255 e. The Morgan fingerprint density at radius 2 is 2.30 bits per heavy atom. The standard InChI is InChI=1S/C16H24N2O2/c1-3-17-15-5-4-12(2)10-14(15)16(20)18-8-6-13(11-18)7-9-19/h4-5,10,13,17,19H,3,6-9,11H2,1-2H3. The Balaban J connectivity index is 2.14. The number of carbonyl (C=O) groups is 1. The number of carbonyl (C=O) groups excluding carboxylic acids is 1. The zero-order valence-electron chi connectivity index (χ0n) is 12.4. The lowest BCUT2D eigenvalue weighted by molar-refractivity contribution is 0.0785. The molecule has 1 amide bonds. The van der Waals surface area contributed by atoms with E-state index in [0.717, 1.165) is 49.3 Å². The number of likely N-dealkylation sites (tertiary alicyclic amines) is 1. The minimum absolute atomic E-state index is 0.102. The number of aliphatic hydroxyl groups excluding tert-OH is 1. The van der Waals surface area contributed by atoms with Gasteiger partial charge in [-0.3, -0.25) is 4.79 Å². The van der Waals surface area contributed by atoms with Gasteiger partial charge in [0.05, 0.1) is 5.56 Å². The zero-order valence-corrected chi connectivity index (χ0v) is 12.4. The van der Waals surface area contributed by atoms with Crippen molar-refractivity contribution in [1.82, 2.24) is 4.90 Å². The van der Waals surface area contributed by atoms with Gasteiger partial charge < -0.3 is 15.3 Å². The Hall–Kier alpha value is -1.55. The van der Waals surface area contributed by atoms with E-state index in [1.807, 2.05) is 36.9 Å². The van der Waals surface area contributed by atoms with Gasteiger partial charge in [-0.15, -0.1) is 0 Å². The number of hydrogen-bond acceptors (Lipinski definition) is 3. The largest absolute Gasteiger partial charge is 0.396 e. The Morgan fingerprint density at radius 3 is 3.00 bits per heavy atom. The van der Waals surface area contributed by atoms with Crippen molar-refractivity contribution in [2.24, 2.45) is 5.92 Å². The summed E-state index contributed by atoms with van der Waals surface area (Å²) in [6.07, 6.45) is 1.78. The Kier molecular flexibility index (Phi) is 5.01. The van der Waals surface area contributed by atoms with Crippen LogP contribution in [0.4, 0.5) is 5.69 Å². The molecule has 1 atom stereocenters. The normalized spacial score (nSPS) is 18.4. The number of hydrogen-bond donors (Lipinski definition) is 2. The molecule has 1 aliphatic heterocycles. The lowest BCUT2D eigenvalue weighted by Gasteiger charge is -2.19. The molecule has 1 aliphatic rings. The molecule has 0 spiro atoms. The number of nitrogens with zero attached hydrogens (tertiary/aromatic N) is 1. The van der Waals surface area contributed by atoms with Crippen LogP contribution in [0, 0.1) is 12.8 Å². The summed E-state index contributed by atoms with van der Waals surface area (Å²) in [4.78, 5) is 14.6. The fourth-order valence-corrected chi connectivity index (χ4v) is 2.79. The first-order valence-electron chi connectivity index (χ1n) is 7.40. The molecule has 0 saturated carbocycles. The number of anilines is 1. The number of rotatable bonds is 5. The summed E-state index contributed by atoms with van der Waals surface area (Å²) < 4.78 is 0. The third-order valence-electron chi connectivity index (χ3n) is 3.88. The summed E-state index contributed by atoms with van der Waals surface area (Å²) in [6.45, 7) is 6.60. The maximum absolute atomic E-state index is 12.7. The maximum Gasteiger partial charge on any atom is 0.255 e. The third kappa shape index (κ3) is 3.31. The Bertz CT molecular complexity index is 474. The monoisotopic (exact) mass is 276 g/mol. The second kappa shape index (κ2) is 6.75. The predicted molar refractivity (Wildman–Crippen MR) is 81.1 cm³/mol. The molecular formula is C16H24N2O2. The third-order valence-corrected chi connectivity index (χ3v) is 3.88. The van der Waals surface area contributed by atoms with E-state index in [2.05, 4.69) is 5.32 Å². The van der Waals surface area contributed by atoms with E-state index in [9.17, 15) is 4.79 Å². The van der Waals surface area contributed by atoms with Gasteiger partial charge in [-0.2, -0.15) is 0 Å². The van der Waals surface area contributed by atoms with Crippen LogP contribution in [0.25, 0.3) is 0 Å². The predicted octanol–water partition coefficient (Wildman–Crippen LogP) is 2.27. The first kappa shape index (κ1) is 14.9. The van der Waals surface area contributed by atoms with Gasteiger partial charge in [-0.25, -0.2) is 0 Å². The fourth-order valence-electron chi connectivity index (χ4n) is 2.79. The van der Waals surface area contributed by atoms with E-state index in [1.165, 1.54) is 0 Å². The first-order valence-corrected chi connectivity index (χ1v) is 7.40. The molecule has 1 fully saturated rings. The molecule has 1 aromatic rings. The van der Waals surface area contributed by atoms with Crippen LogP contribution in [-0.2, 0) is 0 Å². The van der Waals surface area contributed by atoms with Crippen LogP contribution in [0.2, 0.25) is 0 Å². The molecule has 1 aromatic carbocycles. The molecule has 1 saturated heterocycles. The van der Waals surface area contributed by atoms with E-state index in [-0.39, 0.29) is 12.5 Å². The van der Waals surface area contributed by atoms with Crippen LogP contribution in [0.5, 0.6) is 0 Å². The molecule has 4 heteroatoms. The van der Waals surface area contributed by atoms with Gasteiger partial charge in [0.25, 0.3) is 5.91 Å². The average molecular weight is 276 g/mol. The first-order chi connectivity index (χ1) is 9.65. The lowest BCUT2D eigenvalue weighted by Crippen LogP contribution is -2.29. The number of amides is 1. The Labute approximate surface area is 120 Å². The van der Waals surface area contributed by atoms with Crippen molar-refractivity contribution in [3.63, 3.8) is 0 Å². The fraction of sp³-hybridized carbons (Fsp3) is 0.562. The van der Waals surface area contributed by atoms with Crippen LogP contribution < -0.4 is 5.32 Å². The number of benzene rings is 1. The van der Waals surface area contributed by atoms with Gasteiger partial charge in [-0.1, -0.05) is 11.6 Å². The molecule has 20 heavy (non-hydrogen) atoms. The molecule has 4 nitrogen and oxygen atoms in total. The quantitative estimate of drug-likeness (QED) is 0.867. The highest BCUT2D eigenvalue weighted by molar-refractivity contribution is 6.00. The molecule has 0 bridgehead atoms. The molecular weight excluding hydrogens is 252 g/mol. The highest BCUT2D eigenvalue weighted by Crippen LogP contribution is 2.25. The van der Waals surface area contributed by atoms with E-state index in [1.54, 1.807) is 0 Å². The number of aryl methyl sites for hydroxylation is 1. The van der Waals surface area contributed by atoms with Crippen molar-refractivity contribution in [2.75, 3.05) is 31.6 Å². The highest BCUT2D eigenvalue weighted by Gasteiger charge is 2.27. The topological polar surface area (TPSA) is 52.6 Å². The minimum Gasteiger partial charge on any atom is -0.396 e. The van der Waals surface area contributed by atoms with E-state index in [0.29, 0.717) is 5.92 Å². The van der Waals surface area contributed by atoms with Crippen molar-refractivity contribution >= 4 is 11.6 Å². The van der Waals surface area contributed by atoms with Crippen LogP contribution in [0.1, 0.15) is 35.7 Å². The van der Waals surface area contributed by atoms with E-state index >= 15 is 0 Å². The lowest BCUT2D eigenvalue weighted by atomic mass is 10.1. The van der Waals surface area contributed by atoms with E-state index in [4.69, 9.17) is 5.11 Å². The summed E-state index contributed by atoms with van der Waals surface area (Å²) >= 11 is 0. The van der Waals surface area contributed by atoms with Crippen molar-refractivity contribution in [3.8, 4) is 0 Å². The molecule has 0 radical (unpaired) electrons. The van der Waals surface area contributed by atoms with Crippen molar-refractivity contribution in [2.45, 2.75) is 26.7 Å². The SMILES string of the molecule is CCNc1ccc(C)cc1C(=O)N1CCC(CCO)C1. The molecule has 1 unspecified atom stereocenters. The van der Waals surface area contributed by atoms with Crippen LogP contribution >= 0.6 is 0 Å². The highest BCUT2D eigenvalue weighted by atomic mass is 16.3. The second-order valence-corrected chi connectivity index (χ2v) is 5.50. The van der Waals surface area contributed by atoms with Gasteiger partial charge in [-0.05, 0) is 44.7 Å². The molecule has 110 valence electrons. The number of aliphatic hydroxyl groups is 1. The van der Waals surface area contributed by atoms with Crippen molar-refractivity contribution in [1.29, 1.82) is 0 Å². The van der Waals surface area contributed by atoms with Crippen LogP contribution in [0.15, 0.2) is 18.2 Å². The van der Waals surface area contributed by atoms with Crippen LogP contribution in [0.3, 0.4) is 0 Å². The van der Waals surface area contributed by atoms with E-state index < -0.39 is 0 Å². The molecule has 2 rings (SSSR count). The maximum atomic E-state index is 12.7. The van der Waals surface area contributed by atoms with Gasteiger partial charge in [0, 0.05) is 31.9 Å². The summed E-state index contributed by atoms with van der Waals surface area (Å²) in [5, 5.41) is 12.3. The van der Waals surface area contributed by atoms with Gasteiger partial charge in [0.2, 0.25) is 0 Å².